The second-order valence-electron chi connectivity index (χ2n) is 3.62. The summed E-state index contributed by atoms with van der Waals surface area (Å²) in [7, 11) is 0. The molecular formula is C14H10BrNO. The molecule has 0 fully saturated rings. The van der Waals surface area contributed by atoms with Gasteiger partial charge >= 0.3 is 0 Å². The highest BCUT2D eigenvalue weighted by atomic mass is 79.9. The fraction of sp³-hybridized carbons (Fsp3) is 0.0714. The van der Waals surface area contributed by atoms with Crippen LogP contribution in [0.15, 0.2) is 46.9 Å². The van der Waals surface area contributed by atoms with Crippen LogP contribution in [0, 0.1) is 18.3 Å². The summed E-state index contributed by atoms with van der Waals surface area (Å²) in [5.74, 6) is 1.31. The van der Waals surface area contributed by atoms with Gasteiger partial charge in [-0.25, -0.2) is 0 Å². The highest BCUT2D eigenvalue weighted by Crippen LogP contribution is 2.27. The zero-order chi connectivity index (χ0) is 12.3. The minimum atomic E-state index is 0.535. The van der Waals surface area contributed by atoms with Crippen molar-refractivity contribution in [2.45, 2.75) is 6.92 Å². The summed E-state index contributed by atoms with van der Waals surface area (Å²) >= 11 is 3.44. The van der Waals surface area contributed by atoms with Crippen LogP contribution in [0.4, 0.5) is 0 Å². The van der Waals surface area contributed by atoms with Gasteiger partial charge in [-0.1, -0.05) is 28.1 Å². The van der Waals surface area contributed by atoms with E-state index >= 15 is 0 Å². The smallest absolute Gasteiger partial charge is 0.145 e. The lowest BCUT2D eigenvalue weighted by Crippen LogP contribution is -1.88. The molecule has 17 heavy (non-hydrogen) atoms. The van der Waals surface area contributed by atoms with E-state index < -0.39 is 0 Å². The topological polar surface area (TPSA) is 33.0 Å². The van der Waals surface area contributed by atoms with Crippen molar-refractivity contribution in [3.05, 3.63) is 58.1 Å². The average Bonchev–Trinajstić information content (AvgIpc) is 2.34. The van der Waals surface area contributed by atoms with Crippen molar-refractivity contribution in [2.24, 2.45) is 0 Å². The number of nitriles is 1. The molecule has 0 N–H and O–H groups in total. The van der Waals surface area contributed by atoms with Crippen LogP contribution in [0.2, 0.25) is 0 Å². The Morgan fingerprint density at radius 2 is 1.94 bits per heavy atom. The van der Waals surface area contributed by atoms with Crippen LogP contribution in [0.3, 0.4) is 0 Å². The number of aryl methyl sites for hydroxylation is 1. The lowest BCUT2D eigenvalue weighted by molar-refractivity contribution is 0.480. The molecule has 0 aromatic heterocycles. The van der Waals surface area contributed by atoms with E-state index in [-0.39, 0.29) is 0 Å². The molecule has 0 aliphatic carbocycles. The maximum absolute atomic E-state index is 8.96. The third-order valence-electron chi connectivity index (χ3n) is 2.36. The Morgan fingerprint density at radius 3 is 2.65 bits per heavy atom. The van der Waals surface area contributed by atoms with Crippen molar-refractivity contribution in [2.75, 3.05) is 0 Å². The number of ether oxygens (including phenoxy) is 1. The van der Waals surface area contributed by atoms with Crippen molar-refractivity contribution in [3.8, 4) is 17.6 Å². The molecule has 0 aliphatic rings. The van der Waals surface area contributed by atoms with Crippen molar-refractivity contribution in [3.63, 3.8) is 0 Å². The van der Waals surface area contributed by atoms with E-state index in [4.69, 9.17) is 10.00 Å². The summed E-state index contributed by atoms with van der Waals surface area (Å²) in [5, 5.41) is 8.96. The molecule has 0 bridgehead atoms. The van der Waals surface area contributed by atoms with Gasteiger partial charge in [-0.05, 0) is 42.8 Å². The van der Waals surface area contributed by atoms with E-state index in [0.29, 0.717) is 11.3 Å². The third-order valence-corrected chi connectivity index (χ3v) is 3.25. The van der Waals surface area contributed by atoms with E-state index in [2.05, 4.69) is 22.0 Å². The number of hydrogen-bond acceptors (Lipinski definition) is 2. The molecule has 0 spiro atoms. The Balaban J connectivity index is 2.32. The molecule has 0 unspecified atom stereocenters. The Bertz CT molecular complexity index is 587. The first kappa shape index (κ1) is 11.7. The number of hydrogen-bond donors (Lipinski definition) is 0. The predicted molar refractivity (Wildman–Crippen MR) is 70.1 cm³/mol. The van der Waals surface area contributed by atoms with Gasteiger partial charge in [0.1, 0.15) is 17.6 Å². The molecule has 0 saturated heterocycles. The summed E-state index contributed by atoms with van der Waals surface area (Å²) in [5.41, 5.74) is 1.63. The number of rotatable bonds is 2. The predicted octanol–water partition coefficient (Wildman–Crippen LogP) is 4.42. The van der Waals surface area contributed by atoms with Crippen molar-refractivity contribution in [1.82, 2.24) is 0 Å². The lowest BCUT2D eigenvalue weighted by atomic mass is 10.2. The largest absolute Gasteiger partial charge is 0.456 e. The maximum Gasteiger partial charge on any atom is 0.145 e. The summed E-state index contributed by atoms with van der Waals surface area (Å²) < 4.78 is 6.73. The second kappa shape index (κ2) is 5.03. The van der Waals surface area contributed by atoms with E-state index in [9.17, 15) is 0 Å². The third kappa shape index (κ3) is 2.66. The zero-order valence-electron chi connectivity index (χ0n) is 9.27. The van der Waals surface area contributed by atoms with Gasteiger partial charge in [-0.3, -0.25) is 0 Å². The molecule has 2 nitrogen and oxygen atoms in total. The van der Waals surface area contributed by atoms with Gasteiger partial charge in [0.15, 0.2) is 0 Å². The summed E-state index contributed by atoms with van der Waals surface area (Å²) in [4.78, 5) is 0. The van der Waals surface area contributed by atoms with Crippen LogP contribution in [0.25, 0.3) is 0 Å². The van der Waals surface area contributed by atoms with E-state index in [1.165, 1.54) is 0 Å². The molecule has 0 aliphatic heterocycles. The molecule has 2 aromatic rings. The first-order valence-electron chi connectivity index (χ1n) is 5.14. The molecule has 0 saturated carbocycles. The Morgan fingerprint density at radius 1 is 1.18 bits per heavy atom. The molecule has 0 radical (unpaired) electrons. The lowest BCUT2D eigenvalue weighted by Gasteiger charge is -2.08. The zero-order valence-corrected chi connectivity index (χ0v) is 10.9. The van der Waals surface area contributed by atoms with Crippen molar-refractivity contribution >= 4 is 15.9 Å². The first-order chi connectivity index (χ1) is 8.20. The van der Waals surface area contributed by atoms with Gasteiger partial charge in [0.25, 0.3) is 0 Å². The van der Waals surface area contributed by atoms with Gasteiger partial charge < -0.3 is 4.74 Å². The van der Waals surface area contributed by atoms with Gasteiger partial charge in [0, 0.05) is 4.47 Å². The molecule has 0 atom stereocenters. The summed E-state index contributed by atoms with van der Waals surface area (Å²) in [6.45, 7) is 1.99. The highest BCUT2D eigenvalue weighted by molar-refractivity contribution is 9.10. The van der Waals surface area contributed by atoms with Gasteiger partial charge in [0.2, 0.25) is 0 Å². The highest BCUT2D eigenvalue weighted by Gasteiger charge is 2.04. The standard InChI is InChI=1S/C14H10BrNO/c1-10-8-12(6-7-13(10)15)17-14-5-3-2-4-11(14)9-16/h2-8H,1H3. The van der Waals surface area contributed by atoms with Crippen molar-refractivity contribution < 1.29 is 4.74 Å². The van der Waals surface area contributed by atoms with Crippen LogP contribution in [-0.2, 0) is 0 Å². The Labute approximate surface area is 109 Å². The molecule has 0 amide bonds. The minimum Gasteiger partial charge on any atom is -0.456 e. The first-order valence-corrected chi connectivity index (χ1v) is 5.93. The maximum atomic E-state index is 8.96. The average molecular weight is 288 g/mol. The number of halogens is 1. The second-order valence-corrected chi connectivity index (χ2v) is 4.48. The van der Waals surface area contributed by atoms with Gasteiger partial charge in [-0.15, -0.1) is 0 Å². The number of para-hydroxylation sites is 1. The summed E-state index contributed by atoms with van der Waals surface area (Å²) in [6, 6.07) is 15.0. The minimum absolute atomic E-state index is 0.535. The van der Waals surface area contributed by atoms with E-state index in [0.717, 1.165) is 15.8 Å². The SMILES string of the molecule is Cc1cc(Oc2ccccc2C#N)ccc1Br. The van der Waals surface area contributed by atoms with Crippen LogP contribution in [0.5, 0.6) is 11.5 Å². The van der Waals surface area contributed by atoms with E-state index in [1.54, 1.807) is 12.1 Å². The number of benzene rings is 2. The van der Waals surface area contributed by atoms with E-state index in [1.807, 2.05) is 37.3 Å². The van der Waals surface area contributed by atoms with Gasteiger partial charge in [-0.2, -0.15) is 5.26 Å². The molecule has 84 valence electrons. The van der Waals surface area contributed by atoms with Crippen molar-refractivity contribution in [1.29, 1.82) is 5.26 Å². The van der Waals surface area contributed by atoms with Crippen LogP contribution < -0.4 is 4.74 Å². The monoisotopic (exact) mass is 287 g/mol. The normalized spacial score (nSPS) is 9.71. The van der Waals surface area contributed by atoms with Gasteiger partial charge in [0.05, 0.1) is 5.56 Å². The fourth-order valence-electron chi connectivity index (χ4n) is 1.46. The Hall–Kier alpha value is -1.79. The molecule has 2 aromatic carbocycles. The number of nitrogens with zero attached hydrogens (tertiary/aromatic N) is 1. The van der Waals surface area contributed by atoms with Crippen LogP contribution >= 0.6 is 15.9 Å². The van der Waals surface area contributed by atoms with Crippen LogP contribution in [-0.4, -0.2) is 0 Å². The van der Waals surface area contributed by atoms with Crippen LogP contribution in [0.1, 0.15) is 11.1 Å². The molecular weight excluding hydrogens is 278 g/mol. The molecule has 0 heterocycles. The fourth-order valence-corrected chi connectivity index (χ4v) is 1.70. The summed E-state index contributed by atoms with van der Waals surface area (Å²) in [6.07, 6.45) is 0. The molecule has 3 heteroatoms. The quantitative estimate of drug-likeness (QED) is 0.819. The Kier molecular flexibility index (Phi) is 3.46. The molecule has 2 rings (SSSR count).